The van der Waals surface area contributed by atoms with Crippen LogP contribution in [0.5, 0.6) is 11.5 Å². The van der Waals surface area contributed by atoms with Gasteiger partial charge in [0.1, 0.15) is 11.5 Å². The molecule has 30 heavy (non-hydrogen) atoms. The molecule has 4 aromatic rings. The van der Waals surface area contributed by atoms with E-state index >= 15 is 0 Å². The van der Waals surface area contributed by atoms with E-state index in [9.17, 15) is 4.79 Å². The van der Waals surface area contributed by atoms with Gasteiger partial charge in [0.15, 0.2) is 0 Å². The van der Waals surface area contributed by atoms with Crippen LogP contribution in [0.3, 0.4) is 0 Å². The molecule has 5 heteroatoms. The molecule has 4 aromatic carbocycles. The summed E-state index contributed by atoms with van der Waals surface area (Å²) in [4.78, 5) is 12.8. The number of rotatable bonds is 6. The van der Waals surface area contributed by atoms with Crippen molar-refractivity contribution < 1.29 is 14.3 Å². The molecule has 1 amide bonds. The maximum Gasteiger partial charge on any atom is 0.275 e. The first-order valence-electron chi connectivity index (χ1n) is 9.76. The van der Waals surface area contributed by atoms with Crippen LogP contribution in [0.4, 0.5) is 0 Å². The molecule has 5 nitrogen and oxygen atoms in total. The van der Waals surface area contributed by atoms with Crippen molar-refractivity contribution in [2.75, 3.05) is 13.7 Å². The molecule has 0 aliphatic rings. The van der Waals surface area contributed by atoms with E-state index in [1.165, 1.54) is 0 Å². The standard InChI is InChI=1S/C25H22N2O3/c1-3-30-23-13-12-17-8-6-7-11-20(17)22(23)16-26-27-25(28)21-14-18-9-4-5-10-19(18)15-24(21)29-2/h4-16H,3H2,1-2H3,(H,27,28)/b26-16-. The van der Waals surface area contributed by atoms with Crippen molar-refractivity contribution in [3.63, 3.8) is 0 Å². The Balaban J connectivity index is 1.65. The van der Waals surface area contributed by atoms with Gasteiger partial charge < -0.3 is 9.47 Å². The number of hydrogen-bond donors (Lipinski definition) is 1. The minimum Gasteiger partial charge on any atom is -0.496 e. The highest BCUT2D eigenvalue weighted by Gasteiger charge is 2.13. The molecule has 150 valence electrons. The summed E-state index contributed by atoms with van der Waals surface area (Å²) in [5.74, 6) is 0.881. The van der Waals surface area contributed by atoms with E-state index in [1.54, 1.807) is 13.3 Å². The number of amides is 1. The minimum absolute atomic E-state index is 0.341. The van der Waals surface area contributed by atoms with Crippen molar-refractivity contribution in [3.05, 3.63) is 83.9 Å². The lowest BCUT2D eigenvalue weighted by atomic mass is 10.0. The Hall–Kier alpha value is -3.86. The highest BCUT2D eigenvalue weighted by Crippen LogP contribution is 2.27. The van der Waals surface area contributed by atoms with Gasteiger partial charge in [0.2, 0.25) is 0 Å². The van der Waals surface area contributed by atoms with E-state index in [0.717, 1.165) is 32.9 Å². The predicted molar refractivity (Wildman–Crippen MR) is 121 cm³/mol. The lowest BCUT2D eigenvalue weighted by molar-refractivity contribution is 0.0952. The minimum atomic E-state index is -0.341. The fourth-order valence-corrected chi connectivity index (χ4v) is 3.47. The van der Waals surface area contributed by atoms with Crippen molar-refractivity contribution in [1.29, 1.82) is 0 Å². The second-order valence-electron chi connectivity index (χ2n) is 6.73. The van der Waals surface area contributed by atoms with E-state index in [1.807, 2.05) is 79.7 Å². The van der Waals surface area contributed by atoms with Crippen LogP contribution in [-0.4, -0.2) is 25.8 Å². The van der Waals surface area contributed by atoms with Crippen LogP contribution in [0, 0.1) is 0 Å². The quantitative estimate of drug-likeness (QED) is 0.360. The molecular weight excluding hydrogens is 376 g/mol. The maximum absolute atomic E-state index is 12.8. The van der Waals surface area contributed by atoms with Crippen LogP contribution >= 0.6 is 0 Å². The smallest absolute Gasteiger partial charge is 0.275 e. The molecule has 0 aliphatic carbocycles. The summed E-state index contributed by atoms with van der Waals surface area (Å²) in [6.45, 7) is 2.48. The monoisotopic (exact) mass is 398 g/mol. The van der Waals surface area contributed by atoms with Crippen LogP contribution in [0.1, 0.15) is 22.8 Å². The lowest BCUT2D eigenvalue weighted by Crippen LogP contribution is -2.18. The number of nitrogens with one attached hydrogen (secondary N) is 1. The molecule has 0 saturated heterocycles. The molecule has 0 atom stereocenters. The van der Waals surface area contributed by atoms with Gasteiger partial charge in [0, 0.05) is 5.56 Å². The van der Waals surface area contributed by atoms with Gasteiger partial charge in [-0.25, -0.2) is 5.43 Å². The predicted octanol–water partition coefficient (Wildman–Crippen LogP) is 5.16. The number of hydrazone groups is 1. The molecule has 0 aromatic heterocycles. The normalized spacial score (nSPS) is 11.1. The third-order valence-corrected chi connectivity index (χ3v) is 4.90. The van der Waals surface area contributed by atoms with Crippen LogP contribution in [0.25, 0.3) is 21.5 Å². The number of carbonyl (C=O) groups excluding carboxylic acids is 1. The van der Waals surface area contributed by atoms with Crippen molar-refractivity contribution in [1.82, 2.24) is 5.43 Å². The van der Waals surface area contributed by atoms with Crippen LogP contribution in [-0.2, 0) is 0 Å². The number of methoxy groups -OCH3 is 1. The summed E-state index contributed by atoms with van der Waals surface area (Å²) in [5, 5.41) is 8.25. The zero-order chi connectivity index (χ0) is 20.9. The molecule has 0 spiro atoms. The average Bonchev–Trinajstić information content (AvgIpc) is 2.79. The molecule has 0 heterocycles. The van der Waals surface area contributed by atoms with Gasteiger partial charge in [-0.1, -0.05) is 54.6 Å². The Morgan fingerprint density at radius 1 is 0.933 bits per heavy atom. The van der Waals surface area contributed by atoms with Gasteiger partial charge >= 0.3 is 0 Å². The molecule has 0 bridgehead atoms. The van der Waals surface area contributed by atoms with E-state index in [0.29, 0.717) is 17.9 Å². The molecular formula is C25H22N2O3. The molecule has 1 N–H and O–H groups in total. The number of benzene rings is 4. The zero-order valence-electron chi connectivity index (χ0n) is 16.9. The first kappa shape index (κ1) is 19.5. The van der Waals surface area contributed by atoms with Crippen molar-refractivity contribution in [2.45, 2.75) is 6.92 Å². The average molecular weight is 398 g/mol. The second kappa shape index (κ2) is 8.66. The third kappa shape index (κ3) is 3.82. The van der Waals surface area contributed by atoms with E-state index in [-0.39, 0.29) is 5.91 Å². The topological polar surface area (TPSA) is 59.9 Å². The summed E-state index contributed by atoms with van der Waals surface area (Å²) in [6.07, 6.45) is 1.62. The Morgan fingerprint density at radius 2 is 1.63 bits per heavy atom. The first-order valence-corrected chi connectivity index (χ1v) is 9.76. The number of nitrogens with zero attached hydrogens (tertiary/aromatic N) is 1. The van der Waals surface area contributed by atoms with Crippen LogP contribution < -0.4 is 14.9 Å². The highest BCUT2D eigenvalue weighted by atomic mass is 16.5. The Kier molecular flexibility index (Phi) is 5.61. The molecule has 0 saturated carbocycles. The third-order valence-electron chi connectivity index (χ3n) is 4.90. The molecule has 0 unspecified atom stereocenters. The van der Waals surface area contributed by atoms with Gasteiger partial charge in [-0.15, -0.1) is 0 Å². The molecule has 4 rings (SSSR count). The largest absolute Gasteiger partial charge is 0.496 e. The Morgan fingerprint density at radius 3 is 2.37 bits per heavy atom. The molecule has 0 aliphatic heterocycles. The number of ether oxygens (including phenoxy) is 2. The van der Waals surface area contributed by atoms with Gasteiger partial charge in [0.05, 0.1) is 25.5 Å². The summed E-state index contributed by atoms with van der Waals surface area (Å²) in [7, 11) is 1.55. The van der Waals surface area contributed by atoms with E-state index in [4.69, 9.17) is 9.47 Å². The number of hydrogen-bond acceptors (Lipinski definition) is 4. The fourth-order valence-electron chi connectivity index (χ4n) is 3.47. The van der Waals surface area contributed by atoms with E-state index < -0.39 is 0 Å². The lowest BCUT2D eigenvalue weighted by Gasteiger charge is -2.11. The van der Waals surface area contributed by atoms with Crippen molar-refractivity contribution in [2.24, 2.45) is 5.10 Å². The Bertz CT molecular complexity index is 1250. The second-order valence-corrected chi connectivity index (χ2v) is 6.73. The molecule has 0 fully saturated rings. The van der Waals surface area contributed by atoms with Crippen molar-refractivity contribution >= 4 is 33.7 Å². The maximum atomic E-state index is 12.8. The van der Waals surface area contributed by atoms with Gasteiger partial charge in [-0.05, 0) is 46.7 Å². The fraction of sp³-hybridized carbons (Fsp3) is 0.120. The van der Waals surface area contributed by atoms with Crippen LogP contribution in [0.15, 0.2) is 77.9 Å². The first-order chi connectivity index (χ1) is 14.7. The highest BCUT2D eigenvalue weighted by molar-refractivity contribution is 6.04. The summed E-state index contributed by atoms with van der Waals surface area (Å²) >= 11 is 0. The summed E-state index contributed by atoms with van der Waals surface area (Å²) in [6, 6.07) is 23.4. The van der Waals surface area contributed by atoms with Crippen molar-refractivity contribution in [3.8, 4) is 11.5 Å². The van der Waals surface area contributed by atoms with Gasteiger partial charge in [-0.3, -0.25) is 4.79 Å². The van der Waals surface area contributed by atoms with Crippen LogP contribution in [0.2, 0.25) is 0 Å². The molecule has 0 radical (unpaired) electrons. The van der Waals surface area contributed by atoms with Gasteiger partial charge in [-0.2, -0.15) is 5.10 Å². The summed E-state index contributed by atoms with van der Waals surface area (Å²) < 4.78 is 11.2. The summed E-state index contributed by atoms with van der Waals surface area (Å²) in [5.41, 5.74) is 3.86. The number of fused-ring (bicyclic) bond motifs is 2. The number of carbonyl (C=O) groups is 1. The zero-order valence-corrected chi connectivity index (χ0v) is 16.9. The van der Waals surface area contributed by atoms with E-state index in [2.05, 4.69) is 10.5 Å². The SMILES string of the molecule is CCOc1ccc2ccccc2c1/C=N\NC(=O)c1cc2ccccc2cc1OC. The Labute approximate surface area is 174 Å². The van der Waals surface area contributed by atoms with Gasteiger partial charge in [0.25, 0.3) is 5.91 Å².